The van der Waals surface area contributed by atoms with Gasteiger partial charge in [0.15, 0.2) is 0 Å². The molecular weight excluding hydrogens is 274 g/mol. The number of aryl methyl sites for hydroxylation is 2. The van der Waals surface area contributed by atoms with Crippen LogP contribution < -0.4 is 5.73 Å². The van der Waals surface area contributed by atoms with E-state index in [-0.39, 0.29) is 6.04 Å². The van der Waals surface area contributed by atoms with Crippen molar-refractivity contribution in [2.24, 2.45) is 10.8 Å². The highest BCUT2D eigenvalue weighted by molar-refractivity contribution is 6.03. The van der Waals surface area contributed by atoms with Crippen LogP contribution in [0.1, 0.15) is 34.7 Å². The van der Waals surface area contributed by atoms with Gasteiger partial charge in [-0.3, -0.25) is 0 Å². The maximum absolute atomic E-state index is 11.7. The summed E-state index contributed by atoms with van der Waals surface area (Å²) in [6.45, 7) is 4.09. The van der Waals surface area contributed by atoms with E-state index < -0.39 is 6.03 Å². The minimum Gasteiger partial charge on any atom is -0.350 e. The van der Waals surface area contributed by atoms with Crippen molar-refractivity contribution in [1.29, 1.82) is 0 Å². The quantitative estimate of drug-likeness (QED) is 0.904. The largest absolute Gasteiger partial charge is 0.350 e. The fourth-order valence-corrected chi connectivity index (χ4v) is 2.68. The normalized spacial score (nSPS) is 17.5. The molecule has 2 amide bonds. The molecular formula is C18H19N3O. The lowest BCUT2D eigenvalue weighted by Gasteiger charge is -2.19. The van der Waals surface area contributed by atoms with Gasteiger partial charge < -0.3 is 5.73 Å². The first kappa shape index (κ1) is 14.3. The number of benzene rings is 2. The predicted molar refractivity (Wildman–Crippen MR) is 87.7 cm³/mol. The fraction of sp³-hybridized carbons (Fsp3) is 0.222. The first-order valence-corrected chi connectivity index (χ1v) is 7.34. The van der Waals surface area contributed by atoms with Gasteiger partial charge in [-0.15, -0.1) is 0 Å². The summed E-state index contributed by atoms with van der Waals surface area (Å²) >= 11 is 0. The molecule has 0 saturated heterocycles. The van der Waals surface area contributed by atoms with Crippen LogP contribution in [-0.4, -0.2) is 16.8 Å². The summed E-state index contributed by atoms with van der Waals surface area (Å²) in [6, 6.07) is 15.7. The molecule has 2 aromatic rings. The van der Waals surface area contributed by atoms with Crippen LogP contribution in [0.25, 0.3) is 0 Å². The number of hydrogen-bond donors (Lipinski definition) is 1. The molecule has 112 valence electrons. The van der Waals surface area contributed by atoms with Crippen LogP contribution in [0.4, 0.5) is 4.79 Å². The summed E-state index contributed by atoms with van der Waals surface area (Å²) in [5.74, 6) is 0. The third kappa shape index (κ3) is 2.72. The van der Waals surface area contributed by atoms with Gasteiger partial charge in [0.25, 0.3) is 0 Å². The molecule has 1 atom stereocenters. The molecule has 0 aromatic heterocycles. The van der Waals surface area contributed by atoms with Gasteiger partial charge in [0, 0.05) is 6.42 Å². The molecule has 3 rings (SSSR count). The number of urea groups is 1. The van der Waals surface area contributed by atoms with Gasteiger partial charge in [0.1, 0.15) is 0 Å². The van der Waals surface area contributed by atoms with E-state index in [0.717, 1.165) is 16.8 Å². The van der Waals surface area contributed by atoms with Crippen molar-refractivity contribution in [3.05, 3.63) is 70.8 Å². The van der Waals surface area contributed by atoms with E-state index in [1.165, 1.54) is 16.1 Å². The first-order chi connectivity index (χ1) is 10.5. The van der Waals surface area contributed by atoms with Gasteiger partial charge in [-0.2, -0.15) is 5.10 Å². The number of rotatable bonds is 2. The highest BCUT2D eigenvalue weighted by Gasteiger charge is 2.31. The summed E-state index contributed by atoms with van der Waals surface area (Å²) < 4.78 is 0. The molecule has 0 saturated carbocycles. The molecule has 0 spiro atoms. The minimum atomic E-state index is -0.521. The van der Waals surface area contributed by atoms with E-state index in [9.17, 15) is 4.79 Å². The van der Waals surface area contributed by atoms with Gasteiger partial charge in [0.2, 0.25) is 0 Å². The molecule has 22 heavy (non-hydrogen) atoms. The van der Waals surface area contributed by atoms with Gasteiger partial charge in [-0.25, -0.2) is 9.80 Å². The monoisotopic (exact) mass is 293 g/mol. The molecule has 4 nitrogen and oxygen atoms in total. The lowest BCUT2D eigenvalue weighted by molar-refractivity contribution is 0.196. The summed E-state index contributed by atoms with van der Waals surface area (Å²) in [5.41, 5.74) is 10.9. The summed E-state index contributed by atoms with van der Waals surface area (Å²) in [5, 5.41) is 5.83. The second-order valence-electron chi connectivity index (χ2n) is 5.73. The fourth-order valence-electron chi connectivity index (χ4n) is 2.68. The van der Waals surface area contributed by atoms with Crippen molar-refractivity contribution in [3.63, 3.8) is 0 Å². The predicted octanol–water partition coefficient (Wildman–Crippen LogP) is 3.53. The topological polar surface area (TPSA) is 58.7 Å². The Morgan fingerprint density at radius 2 is 1.59 bits per heavy atom. The molecule has 0 bridgehead atoms. The average Bonchev–Trinajstić information content (AvgIpc) is 2.94. The summed E-state index contributed by atoms with van der Waals surface area (Å²) in [7, 11) is 0. The van der Waals surface area contributed by atoms with Gasteiger partial charge >= 0.3 is 6.03 Å². The number of carbonyl (C=O) groups excluding carboxylic acids is 1. The molecule has 0 radical (unpaired) electrons. The van der Waals surface area contributed by atoms with Crippen LogP contribution in [0.3, 0.4) is 0 Å². The van der Waals surface area contributed by atoms with Crippen molar-refractivity contribution < 1.29 is 4.79 Å². The van der Waals surface area contributed by atoms with Gasteiger partial charge in [0.05, 0.1) is 11.8 Å². The number of carbonyl (C=O) groups is 1. The van der Waals surface area contributed by atoms with Crippen LogP contribution in [-0.2, 0) is 0 Å². The van der Waals surface area contributed by atoms with E-state index in [1.807, 2.05) is 62.4 Å². The zero-order chi connectivity index (χ0) is 15.7. The maximum atomic E-state index is 11.7. The Morgan fingerprint density at radius 1 is 1.05 bits per heavy atom. The second-order valence-corrected chi connectivity index (χ2v) is 5.73. The Bertz CT molecular complexity index is 717. The van der Waals surface area contributed by atoms with E-state index >= 15 is 0 Å². The molecule has 0 unspecified atom stereocenters. The molecule has 1 aliphatic heterocycles. The highest BCUT2D eigenvalue weighted by Crippen LogP contribution is 2.32. The molecule has 2 aromatic carbocycles. The lowest BCUT2D eigenvalue weighted by Crippen LogP contribution is -2.31. The molecule has 0 fully saturated rings. The Balaban J connectivity index is 1.92. The Morgan fingerprint density at radius 3 is 2.14 bits per heavy atom. The van der Waals surface area contributed by atoms with E-state index in [0.29, 0.717) is 6.42 Å². The molecule has 1 heterocycles. The van der Waals surface area contributed by atoms with Crippen molar-refractivity contribution >= 4 is 11.7 Å². The van der Waals surface area contributed by atoms with Crippen molar-refractivity contribution in [3.8, 4) is 0 Å². The van der Waals surface area contributed by atoms with Crippen LogP contribution in [0.15, 0.2) is 53.6 Å². The smallest absolute Gasteiger partial charge is 0.335 e. The van der Waals surface area contributed by atoms with E-state index in [1.54, 1.807) is 0 Å². The molecule has 0 aliphatic carbocycles. The SMILES string of the molecule is Cc1ccc(C2=NN(C(N)=O)[C@H](c3ccc(C)cc3)C2)cc1. The van der Waals surface area contributed by atoms with Gasteiger partial charge in [-0.05, 0) is 25.0 Å². The second kappa shape index (κ2) is 5.64. The number of hydrogen-bond acceptors (Lipinski definition) is 2. The zero-order valence-electron chi connectivity index (χ0n) is 12.8. The molecule has 1 aliphatic rings. The van der Waals surface area contributed by atoms with Crippen LogP contribution in [0, 0.1) is 13.8 Å². The lowest BCUT2D eigenvalue weighted by atomic mass is 9.97. The summed E-state index contributed by atoms with van der Waals surface area (Å²) in [4.78, 5) is 11.7. The number of nitrogens with two attached hydrogens (primary N) is 1. The Labute approximate surface area is 130 Å². The Kier molecular flexibility index (Phi) is 3.67. The van der Waals surface area contributed by atoms with Crippen molar-refractivity contribution in [1.82, 2.24) is 5.01 Å². The van der Waals surface area contributed by atoms with E-state index in [4.69, 9.17) is 5.73 Å². The molecule has 4 heteroatoms. The zero-order valence-corrected chi connectivity index (χ0v) is 12.8. The summed E-state index contributed by atoms with van der Waals surface area (Å²) in [6.07, 6.45) is 0.676. The van der Waals surface area contributed by atoms with Crippen LogP contribution >= 0.6 is 0 Å². The molecule has 2 N–H and O–H groups in total. The van der Waals surface area contributed by atoms with Crippen molar-refractivity contribution in [2.75, 3.05) is 0 Å². The maximum Gasteiger partial charge on any atom is 0.335 e. The number of amides is 2. The Hall–Kier alpha value is -2.62. The van der Waals surface area contributed by atoms with Crippen LogP contribution in [0.2, 0.25) is 0 Å². The first-order valence-electron chi connectivity index (χ1n) is 7.34. The van der Waals surface area contributed by atoms with E-state index in [2.05, 4.69) is 5.10 Å². The highest BCUT2D eigenvalue weighted by atomic mass is 16.2. The van der Waals surface area contributed by atoms with Crippen LogP contribution in [0.5, 0.6) is 0 Å². The average molecular weight is 293 g/mol. The minimum absolute atomic E-state index is 0.130. The number of hydrazone groups is 1. The number of nitrogens with zero attached hydrogens (tertiary/aromatic N) is 2. The third-order valence-corrected chi connectivity index (χ3v) is 3.98. The van der Waals surface area contributed by atoms with Crippen molar-refractivity contribution in [2.45, 2.75) is 26.3 Å². The standard InChI is InChI=1S/C18H19N3O/c1-12-3-7-14(8-4-12)16-11-17(21(20-16)18(19)22)15-9-5-13(2)6-10-15/h3-10,17H,11H2,1-2H3,(H2,19,22)/t17-/m0/s1. The third-order valence-electron chi connectivity index (χ3n) is 3.98. The number of primary amides is 1. The van der Waals surface area contributed by atoms with Gasteiger partial charge in [-0.1, -0.05) is 59.7 Å².